The average molecular weight is 303 g/mol. The quantitative estimate of drug-likeness (QED) is 0.921. The first kappa shape index (κ1) is 13.9. The van der Waals surface area contributed by atoms with Gasteiger partial charge in [0.1, 0.15) is 5.75 Å². The van der Waals surface area contributed by atoms with Crippen LogP contribution in [0.25, 0.3) is 0 Å². The van der Waals surface area contributed by atoms with E-state index in [1.54, 1.807) is 13.3 Å². The summed E-state index contributed by atoms with van der Waals surface area (Å²) in [5, 5.41) is 5.33. The van der Waals surface area contributed by atoms with Crippen LogP contribution < -0.4 is 10.1 Å². The first-order valence-corrected chi connectivity index (χ1v) is 7.75. The number of urea groups is 1. The maximum absolute atomic E-state index is 12.4. The molecular weight excluding hydrogens is 286 g/mol. The zero-order valence-corrected chi connectivity index (χ0v) is 12.6. The molecule has 5 nitrogen and oxygen atoms in total. The number of amides is 2. The van der Waals surface area contributed by atoms with Crippen LogP contribution in [0.1, 0.15) is 18.4 Å². The van der Waals surface area contributed by atoms with Crippen LogP contribution in [-0.2, 0) is 6.54 Å². The highest BCUT2D eigenvalue weighted by Crippen LogP contribution is 2.31. The number of methoxy groups -OCH3 is 1. The lowest BCUT2D eigenvalue weighted by molar-refractivity contribution is 0.205. The summed E-state index contributed by atoms with van der Waals surface area (Å²) in [5.41, 5.74) is 1.01. The maximum atomic E-state index is 12.4. The van der Waals surface area contributed by atoms with Gasteiger partial charge in [-0.05, 0) is 18.9 Å². The Morgan fingerprint density at radius 2 is 2.29 bits per heavy atom. The van der Waals surface area contributed by atoms with E-state index in [4.69, 9.17) is 4.74 Å². The molecule has 1 N–H and O–H groups in total. The van der Waals surface area contributed by atoms with E-state index >= 15 is 0 Å². The van der Waals surface area contributed by atoms with Crippen molar-refractivity contribution in [3.63, 3.8) is 0 Å². The standard InChI is InChI=1S/C15H17N3O2S/c1-20-13-5-3-2-4-11(13)10-18(12-6-7-12)15(19)17-14-16-8-9-21-14/h2-5,8-9,12H,6-7,10H2,1H3,(H,16,17,19). The van der Waals surface area contributed by atoms with Gasteiger partial charge in [-0.15, -0.1) is 11.3 Å². The molecule has 0 spiro atoms. The van der Waals surface area contributed by atoms with Crippen LogP contribution in [0.5, 0.6) is 5.75 Å². The Hall–Kier alpha value is -2.08. The number of ether oxygens (including phenoxy) is 1. The lowest BCUT2D eigenvalue weighted by atomic mass is 10.2. The summed E-state index contributed by atoms with van der Waals surface area (Å²) in [4.78, 5) is 18.4. The number of benzene rings is 1. The number of rotatable bonds is 5. The van der Waals surface area contributed by atoms with Gasteiger partial charge in [-0.1, -0.05) is 18.2 Å². The van der Waals surface area contributed by atoms with Gasteiger partial charge in [0.25, 0.3) is 0 Å². The second-order valence-electron chi connectivity index (χ2n) is 4.94. The Kier molecular flexibility index (Phi) is 4.06. The lowest BCUT2D eigenvalue weighted by Crippen LogP contribution is -2.36. The fraction of sp³-hybridized carbons (Fsp3) is 0.333. The number of hydrogen-bond acceptors (Lipinski definition) is 4. The molecule has 0 radical (unpaired) electrons. The molecule has 110 valence electrons. The van der Waals surface area contributed by atoms with Crippen molar-refractivity contribution in [2.75, 3.05) is 12.4 Å². The lowest BCUT2D eigenvalue weighted by Gasteiger charge is -2.23. The Bertz CT molecular complexity index is 611. The van der Waals surface area contributed by atoms with Gasteiger partial charge in [0.2, 0.25) is 0 Å². The summed E-state index contributed by atoms with van der Waals surface area (Å²) in [5.74, 6) is 0.810. The topological polar surface area (TPSA) is 54.5 Å². The monoisotopic (exact) mass is 303 g/mol. The Balaban J connectivity index is 1.74. The zero-order chi connectivity index (χ0) is 14.7. The van der Waals surface area contributed by atoms with Gasteiger partial charge in [0, 0.05) is 23.2 Å². The molecule has 1 fully saturated rings. The summed E-state index contributed by atoms with van der Waals surface area (Å²) in [7, 11) is 1.65. The third kappa shape index (κ3) is 3.33. The van der Waals surface area contributed by atoms with E-state index in [1.807, 2.05) is 34.5 Å². The molecule has 0 aliphatic heterocycles. The van der Waals surface area contributed by atoms with E-state index in [2.05, 4.69) is 10.3 Å². The fourth-order valence-corrected chi connectivity index (χ4v) is 2.74. The number of para-hydroxylation sites is 1. The predicted molar refractivity (Wildman–Crippen MR) is 82.7 cm³/mol. The second kappa shape index (κ2) is 6.13. The molecule has 21 heavy (non-hydrogen) atoms. The van der Waals surface area contributed by atoms with Crippen molar-refractivity contribution in [3.05, 3.63) is 41.4 Å². The minimum absolute atomic E-state index is 0.0987. The largest absolute Gasteiger partial charge is 0.496 e. The molecule has 1 aliphatic rings. The number of carbonyl (C=O) groups excluding carboxylic acids is 1. The first-order chi connectivity index (χ1) is 10.3. The van der Waals surface area contributed by atoms with Gasteiger partial charge in [0.15, 0.2) is 5.13 Å². The summed E-state index contributed by atoms with van der Waals surface area (Å²) in [6.45, 7) is 0.548. The number of nitrogens with zero attached hydrogens (tertiary/aromatic N) is 2. The van der Waals surface area contributed by atoms with Gasteiger partial charge in [0.05, 0.1) is 13.7 Å². The summed E-state index contributed by atoms with van der Waals surface area (Å²) < 4.78 is 5.36. The normalized spacial score (nSPS) is 13.8. The fourth-order valence-electron chi connectivity index (χ4n) is 2.22. The molecular formula is C15H17N3O2S. The Labute approximate surface area is 127 Å². The molecule has 0 saturated heterocycles. The van der Waals surface area contributed by atoms with E-state index in [0.717, 1.165) is 24.2 Å². The van der Waals surface area contributed by atoms with Crippen LogP contribution in [0.4, 0.5) is 9.93 Å². The molecule has 1 aromatic carbocycles. The smallest absolute Gasteiger partial charge is 0.324 e. The number of thiazole rings is 1. The molecule has 1 saturated carbocycles. The summed E-state index contributed by atoms with van der Waals surface area (Å²) in [6.07, 6.45) is 3.79. The summed E-state index contributed by atoms with van der Waals surface area (Å²) >= 11 is 1.42. The summed E-state index contributed by atoms with van der Waals surface area (Å²) in [6, 6.07) is 8.01. The minimum Gasteiger partial charge on any atom is -0.496 e. The van der Waals surface area contributed by atoms with Crippen molar-refractivity contribution in [1.29, 1.82) is 0 Å². The third-order valence-electron chi connectivity index (χ3n) is 3.43. The Morgan fingerprint density at radius 3 is 2.95 bits per heavy atom. The minimum atomic E-state index is -0.0987. The molecule has 0 bridgehead atoms. The van der Waals surface area contributed by atoms with Gasteiger partial charge in [-0.3, -0.25) is 5.32 Å². The van der Waals surface area contributed by atoms with E-state index < -0.39 is 0 Å². The molecule has 1 heterocycles. The molecule has 2 aromatic rings. The molecule has 1 aromatic heterocycles. The van der Waals surface area contributed by atoms with Crippen LogP contribution in [0, 0.1) is 0 Å². The molecule has 0 unspecified atom stereocenters. The van der Waals surface area contributed by atoms with Crippen LogP contribution in [0.15, 0.2) is 35.8 Å². The van der Waals surface area contributed by atoms with Crippen LogP contribution in [-0.4, -0.2) is 29.1 Å². The highest BCUT2D eigenvalue weighted by atomic mass is 32.1. The van der Waals surface area contributed by atoms with Crippen molar-refractivity contribution in [1.82, 2.24) is 9.88 Å². The van der Waals surface area contributed by atoms with Gasteiger partial charge < -0.3 is 9.64 Å². The van der Waals surface area contributed by atoms with E-state index in [-0.39, 0.29) is 6.03 Å². The van der Waals surface area contributed by atoms with Crippen molar-refractivity contribution >= 4 is 22.5 Å². The number of nitrogens with one attached hydrogen (secondary N) is 1. The SMILES string of the molecule is COc1ccccc1CN(C(=O)Nc1nccs1)C1CC1. The average Bonchev–Trinajstić information content (AvgIpc) is 3.22. The number of carbonyl (C=O) groups is 1. The number of anilines is 1. The molecule has 3 rings (SSSR count). The van der Waals surface area contributed by atoms with Crippen molar-refractivity contribution < 1.29 is 9.53 Å². The number of aromatic nitrogens is 1. The molecule has 6 heteroatoms. The van der Waals surface area contributed by atoms with Crippen molar-refractivity contribution in [2.45, 2.75) is 25.4 Å². The maximum Gasteiger partial charge on any atom is 0.324 e. The molecule has 0 atom stereocenters. The van der Waals surface area contributed by atoms with E-state index in [0.29, 0.717) is 17.7 Å². The molecule has 1 aliphatic carbocycles. The van der Waals surface area contributed by atoms with Crippen LogP contribution in [0.2, 0.25) is 0 Å². The molecule has 2 amide bonds. The van der Waals surface area contributed by atoms with Gasteiger partial charge in [-0.25, -0.2) is 9.78 Å². The van der Waals surface area contributed by atoms with Crippen LogP contribution in [0.3, 0.4) is 0 Å². The Morgan fingerprint density at radius 1 is 1.48 bits per heavy atom. The van der Waals surface area contributed by atoms with Gasteiger partial charge >= 0.3 is 6.03 Å². The van der Waals surface area contributed by atoms with E-state index in [1.165, 1.54) is 11.3 Å². The third-order valence-corrected chi connectivity index (χ3v) is 4.12. The second-order valence-corrected chi connectivity index (χ2v) is 5.83. The first-order valence-electron chi connectivity index (χ1n) is 6.87. The zero-order valence-electron chi connectivity index (χ0n) is 11.8. The van der Waals surface area contributed by atoms with Gasteiger partial charge in [-0.2, -0.15) is 0 Å². The number of hydrogen-bond donors (Lipinski definition) is 1. The van der Waals surface area contributed by atoms with Crippen LogP contribution >= 0.6 is 11.3 Å². The van der Waals surface area contributed by atoms with Crippen molar-refractivity contribution in [2.24, 2.45) is 0 Å². The van der Waals surface area contributed by atoms with Crippen molar-refractivity contribution in [3.8, 4) is 5.75 Å². The highest BCUT2D eigenvalue weighted by molar-refractivity contribution is 7.13. The highest BCUT2D eigenvalue weighted by Gasteiger charge is 2.33. The van der Waals surface area contributed by atoms with E-state index in [9.17, 15) is 4.79 Å². The predicted octanol–water partition coefficient (Wildman–Crippen LogP) is 3.35.